The van der Waals surface area contributed by atoms with Gasteiger partial charge in [0.05, 0.1) is 0 Å². The first-order valence-corrected chi connectivity index (χ1v) is 9.39. The van der Waals surface area contributed by atoms with Crippen LogP contribution in [0.5, 0.6) is 0 Å². The molecule has 0 radical (unpaired) electrons. The van der Waals surface area contributed by atoms with Crippen molar-refractivity contribution >= 4 is 27.5 Å². The van der Waals surface area contributed by atoms with Crippen LogP contribution in [0.1, 0.15) is 37.4 Å². The highest BCUT2D eigenvalue weighted by molar-refractivity contribution is 9.10. The number of nitrogens with zero attached hydrogens (tertiary/aromatic N) is 1. The molecule has 3 nitrogen and oxygen atoms in total. The molecular weight excluding hydrogens is 364 g/mol. The highest BCUT2D eigenvalue weighted by Gasteiger charge is 2.31. The minimum atomic E-state index is -0.0928. The standard InChI is InChI=1S/C20H23BrN2O/c1-3-18(15-8-10-17(21)11-9-15)22-14(2)20(24)23-13-12-16-6-4-5-7-19(16)23/h4-11,14,18,22H,3,12-13H2,1-2H3/p+1/t14-,18+/m1/s1. The number of carbonyl (C=O) groups is 1. The van der Waals surface area contributed by atoms with Gasteiger partial charge in [0.25, 0.3) is 5.91 Å². The third-order valence-corrected chi connectivity index (χ3v) is 5.33. The zero-order valence-electron chi connectivity index (χ0n) is 14.2. The van der Waals surface area contributed by atoms with E-state index in [9.17, 15) is 4.79 Å². The monoisotopic (exact) mass is 387 g/mol. The Kier molecular flexibility index (Phi) is 5.36. The molecule has 4 heteroatoms. The van der Waals surface area contributed by atoms with Crippen LogP contribution in [-0.2, 0) is 11.2 Å². The van der Waals surface area contributed by atoms with Gasteiger partial charge in [-0.25, -0.2) is 0 Å². The van der Waals surface area contributed by atoms with Crippen molar-refractivity contribution in [2.75, 3.05) is 11.4 Å². The van der Waals surface area contributed by atoms with Gasteiger partial charge in [0, 0.05) is 28.7 Å². The Bertz CT molecular complexity index is 714. The molecule has 0 aliphatic carbocycles. The number of amides is 1. The summed E-state index contributed by atoms with van der Waals surface area (Å²) in [6, 6.07) is 16.8. The maximum Gasteiger partial charge on any atom is 0.284 e. The van der Waals surface area contributed by atoms with Crippen molar-refractivity contribution in [2.45, 2.75) is 38.8 Å². The van der Waals surface area contributed by atoms with Crippen LogP contribution in [0, 0.1) is 0 Å². The zero-order valence-corrected chi connectivity index (χ0v) is 15.8. The second kappa shape index (κ2) is 7.49. The molecule has 0 spiro atoms. The van der Waals surface area contributed by atoms with Crippen LogP contribution < -0.4 is 10.2 Å². The Balaban J connectivity index is 1.71. The SMILES string of the molecule is CC[C@H]([NH2+][C@H](C)C(=O)N1CCc2ccccc21)c1ccc(Br)cc1. The number of quaternary nitrogens is 1. The van der Waals surface area contributed by atoms with Gasteiger partial charge in [-0.05, 0) is 37.1 Å². The van der Waals surface area contributed by atoms with Crippen molar-refractivity contribution in [3.63, 3.8) is 0 Å². The number of anilines is 1. The summed E-state index contributed by atoms with van der Waals surface area (Å²) in [5.41, 5.74) is 3.62. The lowest BCUT2D eigenvalue weighted by Gasteiger charge is -2.24. The molecule has 1 aliphatic rings. The first-order valence-electron chi connectivity index (χ1n) is 8.60. The first kappa shape index (κ1) is 17.2. The van der Waals surface area contributed by atoms with E-state index in [0.717, 1.165) is 29.5 Å². The number of carbonyl (C=O) groups excluding carboxylic acids is 1. The Morgan fingerprint density at radius 2 is 1.92 bits per heavy atom. The Hall–Kier alpha value is -1.65. The molecule has 0 saturated heterocycles. The van der Waals surface area contributed by atoms with E-state index >= 15 is 0 Å². The van der Waals surface area contributed by atoms with E-state index in [-0.39, 0.29) is 11.9 Å². The maximum atomic E-state index is 12.9. The molecular formula is C20H24BrN2O+. The van der Waals surface area contributed by atoms with Crippen LogP contribution in [0.25, 0.3) is 0 Å². The van der Waals surface area contributed by atoms with Gasteiger partial charge in [0.15, 0.2) is 6.04 Å². The van der Waals surface area contributed by atoms with Crippen molar-refractivity contribution in [1.29, 1.82) is 0 Å². The van der Waals surface area contributed by atoms with Crippen LogP contribution in [0.3, 0.4) is 0 Å². The molecule has 0 unspecified atom stereocenters. The van der Waals surface area contributed by atoms with Crippen LogP contribution in [0.2, 0.25) is 0 Å². The van der Waals surface area contributed by atoms with Gasteiger partial charge in [-0.3, -0.25) is 4.79 Å². The molecule has 0 saturated carbocycles. The topological polar surface area (TPSA) is 36.9 Å². The molecule has 24 heavy (non-hydrogen) atoms. The number of rotatable bonds is 5. The summed E-state index contributed by atoms with van der Waals surface area (Å²) in [5.74, 6) is 0.204. The van der Waals surface area contributed by atoms with Crippen molar-refractivity contribution in [1.82, 2.24) is 0 Å². The van der Waals surface area contributed by atoms with Gasteiger partial charge in [0.1, 0.15) is 6.04 Å². The van der Waals surface area contributed by atoms with Gasteiger partial charge in [0.2, 0.25) is 0 Å². The summed E-state index contributed by atoms with van der Waals surface area (Å²) in [7, 11) is 0. The van der Waals surface area contributed by atoms with E-state index in [1.165, 1.54) is 11.1 Å². The van der Waals surface area contributed by atoms with E-state index in [1.807, 2.05) is 24.0 Å². The van der Waals surface area contributed by atoms with Gasteiger partial charge < -0.3 is 10.2 Å². The molecule has 1 heterocycles. The summed E-state index contributed by atoms with van der Waals surface area (Å²) in [6.07, 6.45) is 1.95. The van der Waals surface area contributed by atoms with Gasteiger partial charge in [-0.1, -0.05) is 53.2 Å². The molecule has 2 aromatic rings. The third-order valence-electron chi connectivity index (χ3n) is 4.80. The summed E-state index contributed by atoms with van der Waals surface area (Å²) in [5, 5.41) is 2.20. The average molecular weight is 388 g/mol. The molecule has 2 atom stereocenters. The number of fused-ring (bicyclic) bond motifs is 1. The molecule has 0 aromatic heterocycles. The molecule has 1 aliphatic heterocycles. The number of hydrogen-bond acceptors (Lipinski definition) is 1. The average Bonchev–Trinajstić information content (AvgIpc) is 3.03. The normalized spacial score (nSPS) is 15.9. The second-order valence-corrected chi connectivity index (χ2v) is 7.33. The second-order valence-electron chi connectivity index (χ2n) is 6.42. The van der Waals surface area contributed by atoms with E-state index in [1.54, 1.807) is 0 Å². The Morgan fingerprint density at radius 3 is 2.62 bits per heavy atom. The fraction of sp³-hybridized carbons (Fsp3) is 0.350. The Labute approximate surface area is 152 Å². The lowest BCUT2D eigenvalue weighted by atomic mass is 10.0. The molecule has 1 amide bonds. The van der Waals surface area contributed by atoms with Gasteiger partial charge in [-0.15, -0.1) is 0 Å². The van der Waals surface area contributed by atoms with Crippen molar-refractivity contribution < 1.29 is 10.1 Å². The van der Waals surface area contributed by atoms with Gasteiger partial charge in [-0.2, -0.15) is 0 Å². The van der Waals surface area contributed by atoms with E-state index in [2.05, 4.69) is 64.6 Å². The number of nitrogens with two attached hydrogens (primary N) is 1. The lowest BCUT2D eigenvalue weighted by molar-refractivity contribution is -0.713. The van der Waals surface area contributed by atoms with Crippen LogP contribution >= 0.6 is 15.9 Å². The highest BCUT2D eigenvalue weighted by atomic mass is 79.9. The fourth-order valence-corrected chi connectivity index (χ4v) is 3.70. The predicted molar refractivity (Wildman–Crippen MR) is 101 cm³/mol. The lowest BCUT2D eigenvalue weighted by Crippen LogP contribution is -2.92. The van der Waals surface area contributed by atoms with Gasteiger partial charge >= 0.3 is 0 Å². The van der Waals surface area contributed by atoms with Crippen molar-refractivity contribution in [3.05, 3.63) is 64.1 Å². The third kappa shape index (κ3) is 3.55. The number of hydrogen-bond donors (Lipinski definition) is 1. The predicted octanol–water partition coefficient (Wildman–Crippen LogP) is 3.44. The maximum absolute atomic E-state index is 12.9. The molecule has 0 bridgehead atoms. The minimum absolute atomic E-state index is 0.0928. The molecule has 0 fully saturated rings. The summed E-state index contributed by atoms with van der Waals surface area (Å²) in [6.45, 7) is 4.99. The van der Waals surface area contributed by atoms with E-state index < -0.39 is 0 Å². The number of benzene rings is 2. The first-order chi connectivity index (χ1) is 11.6. The highest BCUT2D eigenvalue weighted by Crippen LogP contribution is 2.27. The van der Waals surface area contributed by atoms with Crippen molar-refractivity contribution in [2.24, 2.45) is 0 Å². The van der Waals surface area contributed by atoms with Crippen LogP contribution in [0.4, 0.5) is 5.69 Å². The molecule has 2 N–H and O–H groups in total. The quantitative estimate of drug-likeness (QED) is 0.837. The van der Waals surface area contributed by atoms with E-state index in [4.69, 9.17) is 0 Å². The van der Waals surface area contributed by atoms with Crippen LogP contribution in [-0.4, -0.2) is 18.5 Å². The molecule has 3 rings (SSSR count). The summed E-state index contributed by atoms with van der Waals surface area (Å²) >= 11 is 3.48. The summed E-state index contributed by atoms with van der Waals surface area (Å²) in [4.78, 5) is 14.9. The van der Waals surface area contributed by atoms with Crippen LogP contribution in [0.15, 0.2) is 53.0 Å². The zero-order chi connectivity index (χ0) is 17.1. The number of para-hydroxylation sites is 1. The van der Waals surface area contributed by atoms with E-state index in [0.29, 0.717) is 6.04 Å². The van der Waals surface area contributed by atoms with Crippen molar-refractivity contribution in [3.8, 4) is 0 Å². The molecule has 2 aromatic carbocycles. The number of halogens is 1. The minimum Gasteiger partial charge on any atom is -0.330 e. The summed E-state index contributed by atoms with van der Waals surface area (Å²) < 4.78 is 1.08. The largest absolute Gasteiger partial charge is 0.330 e. The smallest absolute Gasteiger partial charge is 0.284 e. The fourth-order valence-electron chi connectivity index (χ4n) is 3.44. The Morgan fingerprint density at radius 1 is 1.21 bits per heavy atom. The molecule has 126 valence electrons.